The van der Waals surface area contributed by atoms with E-state index in [2.05, 4.69) is 25.7 Å². The number of rotatable bonds is 9. The van der Waals surface area contributed by atoms with Gasteiger partial charge < -0.3 is 16.0 Å². The van der Waals surface area contributed by atoms with Crippen LogP contribution in [-0.2, 0) is 23.0 Å². The van der Waals surface area contributed by atoms with Crippen LogP contribution in [0, 0.1) is 0 Å². The van der Waals surface area contributed by atoms with Crippen LogP contribution in [0.3, 0.4) is 0 Å². The molecule has 0 spiro atoms. The lowest BCUT2D eigenvalue weighted by Crippen LogP contribution is -2.38. The topological polar surface area (TPSA) is 112 Å². The maximum absolute atomic E-state index is 11.8. The smallest absolute Gasteiger partial charge is 0.251 e. The Bertz CT molecular complexity index is 979. The zero-order chi connectivity index (χ0) is 22.0. The summed E-state index contributed by atoms with van der Waals surface area (Å²) in [6.45, 7) is 3.78. The van der Waals surface area contributed by atoms with Crippen LogP contribution in [0.25, 0.3) is 0 Å². The van der Waals surface area contributed by atoms with Crippen molar-refractivity contribution in [2.24, 2.45) is 4.99 Å². The van der Waals surface area contributed by atoms with Gasteiger partial charge in [0.25, 0.3) is 5.91 Å². The molecule has 0 aromatic heterocycles. The van der Waals surface area contributed by atoms with Crippen molar-refractivity contribution in [3.63, 3.8) is 0 Å². The monoisotopic (exact) mass is 559 g/mol. The Balaban J connectivity index is 0.00000480. The molecule has 31 heavy (non-hydrogen) atoms. The largest absolute Gasteiger partial charge is 0.357 e. The Labute approximate surface area is 201 Å². The van der Waals surface area contributed by atoms with E-state index in [1.165, 1.54) is 7.05 Å². The molecular formula is C21H30IN5O3S. The molecule has 1 amide bonds. The van der Waals surface area contributed by atoms with Gasteiger partial charge in [-0.25, -0.2) is 18.1 Å². The molecule has 170 valence electrons. The van der Waals surface area contributed by atoms with Crippen molar-refractivity contribution in [2.45, 2.75) is 24.8 Å². The molecule has 0 heterocycles. The van der Waals surface area contributed by atoms with E-state index in [9.17, 15) is 13.2 Å². The van der Waals surface area contributed by atoms with Gasteiger partial charge in [-0.15, -0.1) is 24.0 Å². The summed E-state index contributed by atoms with van der Waals surface area (Å²) in [5, 5.41) is 9.10. The Hall–Kier alpha value is -2.18. The Morgan fingerprint density at radius 2 is 1.71 bits per heavy atom. The van der Waals surface area contributed by atoms with Gasteiger partial charge in [0, 0.05) is 25.7 Å². The Kier molecular flexibility index (Phi) is 11.5. The highest BCUT2D eigenvalue weighted by Crippen LogP contribution is 2.11. The predicted octanol–water partition coefficient (Wildman–Crippen LogP) is 1.87. The number of carbonyl (C=O) groups excluding carboxylic acids is 1. The quantitative estimate of drug-likeness (QED) is 0.213. The third-order valence-electron chi connectivity index (χ3n) is 4.39. The van der Waals surface area contributed by atoms with Gasteiger partial charge in [0.2, 0.25) is 10.0 Å². The zero-order valence-corrected chi connectivity index (χ0v) is 21.1. The molecule has 0 aliphatic rings. The molecule has 4 N–H and O–H groups in total. The summed E-state index contributed by atoms with van der Waals surface area (Å²) in [4.78, 5) is 16.5. The number of carbonyl (C=O) groups is 1. The lowest BCUT2D eigenvalue weighted by molar-refractivity contribution is 0.0963. The van der Waals surface area contributed by atoms with Crippen LogP contribution >= 0.6 is 24.0 Å². The number of nitrogens with zero attached hydrogens (tertiary/aromatic N) is 1. The summed E-state index contributed by atoms with van der Waals surface area (Å²) in [5.74, 6) is 0.570. The van der Waals surface area contributed by atoms with Crippen molar-refractivity contribution >= 4 is 45.9 Å². The van der Waals surface area contributed by atoms with E-state index < -0.39 is 10.0 Å². The molecule has 2 aromatic rings. The fourth-order valence-electron chi connectivity index (χ4n) is 2.74. The minimum Gasteiger partial charge on any atom is -0.357 e. The zero-order valence-electron chi connectivity index (χ0n) is 17.9. The summed E-state index contributed by atoms with van der Waals surface area (Å²) >= 11 is 0. The van der Waals surface area contributed by atoms with E-state index in [-0.39, 0.29) is 34.8 Å². The van der Waals surface area contributed by atoms with Crippen LogP contribution in [0.5, 0.6) is 0 Å². The molecule has 0 saturated carbocycles. The average Bonchev–Trinajstić information content (AvgIpc) is 2.77. The molecule has 0 radical (unpaired) electrons. The summed E-state index contributed by atoms with van der Waals surface area (Å²) < 4.78 is 25.9. The van der Waals surface area contributed by atoms with E-state index in [0.717, 1.165) is 24.1 Å². The Morgan fingerprint density at radius 1 is 1.00 bits per heavy atom. The van der Waals surface area contributed by atoms with E-state index in [1.54, 1.807) is 37.4 Å². The lowest BCUT2D eigenvalue weighted by atomic mass is 10.1. The van der Waals surface area contributed by atoms with Crippen molar-refractivity contribution in [1.82, 2.24) is 20.7 Å². The van der Waals surface area contributed by atoms with Crippen molar-refractivity contribution in [3.8, 4) is 0 Å². The van der Waals surface area contributed by atoms with Crippen molar-refractivity contribution in [1.29, 1.82) is 0 Å². The number of hydrogen-bond acceptors (Lipinski definition) is 4. The Morgan fingerprint density at radius 3 is 2.32 bits per heavy atom. The van der Waals surface area contributed by atoms with Crippen LogP contribution < -0.4 is 20.7 Å². The van der Waals surface area contributed by atoms with Crippen LogP contribution in [-0.4, -0.2) is 47.5 Å². The number of hydrogen-bond donors (Lipinski definition) is 4. The average molecular weight is 559 g/mol. The molecule has 0 unspecified atom stereocenters. The van der Waals surface area contributed by atoms with Gasteiger partial charge >= 0.3 is 0 Å². The highest BCUT2D eigenvalue weighted by molar-refractivity contribution is 14.0. The van der Waals surface area contributed by atoms with Gasteiger partial charge in [0.15, 0.2) is 5.96 Å². The highest BCUT2D eigenvalue weighted by Gasteiger charge is 2.10. The molecule has 8 nitrogen and oxygen atoms in total. The second-order valence-electron chi connectivity index (χ2n) is 6.50. The maximum atomic E-state index is 11.8. The van der Waals surface area contributed by atoms with Gasteiger partial charge in [0.1, 0.15) is 0 Å². The number of halogens is 1. The minimum atomic E-state index is -3.44. The van der Waals surface area contributed by atoms with E-state index >= 15 is 0 Å². The van der Waals surface area contributed by atoms with Crippen molar-refractivity contribution in [3.05, 3.63) is 65.2 Å². The van der Waals surface area contributed by atoms with Crippen LogP contribution in [0.15, 0.2) is 58.4 Å². The SMILES string of the molecule is CCNC(=NCc1ccc(S(=O)(=O)NC)cc1)NCCc1cccc(C(=O)NC)c1.I. The first-order valence-electron chi connectivity index (χ1n) is 9.75. The van der Waals surface area contributed by atoms with Crippen LogP contribution in [0.2, 0.25) is 0 Å². The summed E-state index contributed by atoms with van der Waals surface area (Å²) in [5.41, 5.74) is 2.60. The van der Waals surface area contributed by atoms with Gasteiger partial charge in [-0.1, -0.05) is 24.3 Å². The fraction of sp³-hybridized carbons (Fsp3) is 0.333. The molecule has 0 fully saturated rings. The molecule has 2 rings (SSSR count). The molecule has 0 aliphatic heterocycles. The normalized spacial score (nSPS) is 11.4. The molecule has 0 saturated heterocycles. The first-order valence-corrected chi connectivity index (χ1v) is 11.2. The van der Waals surface area contributed by atoms with Crippen molar-refractivity contribution < 1.29 is 13.2 Å². The van der Waals surface area contributed by atoms with Gasteiger partial charge in [-0.05, 0) is 55.8 Å². The number of guanidine groups is 1. The van der Waals surface area contributed by atoms with Gasteiger partial charge in [-0.3, -0.25) is 4.79 Å². The number of nitrogens with one attached hydrogen (secondary N) is 4. The molecule has 0 bridgehead atoms. The maximum Gasteiger partial charge on any atom is 0.251 e. The molecular weight excluding hydrogens is 529 g/mol. The van der Waals surface area contributed by atoms with Crippen molar-refractivity contribution in [2.75, 3.05) is 27.2 Å². The molecule has 10 heteroatoms. The van der Waals surface area contributed by atoms with Gasteiger partial charge in [0.05, 0.1) is 11.4 Å². The second-order valence-corrected chi connectivity index (χ2v) is 8.39. The van der Waals surface area contributed by atoms with E-state index in [4.69, 9.17) is 0 Å². The summed E-state index contributed by atoms with van der Waals surface area (Å²) in [6.07, 6.45) is 0.742. The third kappa shape index (κ3) is 8.46. The highest BCUT2D eigenvalue weighted by atomic mass is 127. The van der Waals surface area contributed by atoms with Crippen LogP contribution in [0.1, 0.15) is 28.4 Å². The molecule has 0 aliphatic carbocycles. The summed E-state index contributed by atoms with van der Waals surface area (Å²) in [6, 6.07) is 14.2. The number of amides is 1. The van der Waals surface area contributed by atoms with Gasteiger partial charge in [-0.2, -0.15) is 0 Å². The number of benzene rings is 2. The first kappa shape index (κ1) is 26.9. The first-order chi connectivity index (χ1) is 14.4. The minimum absolute atomic E-state index is 0. The summed E-state index contributed by atoms with van der Waals surface area (Å²) in [7, 11) is -0.439. The standard InChI is InChI=1S/C21H29N5O3S.HI/c1-4-24-21(25-13-12-16-6-5-7-18(14-16)20(27)22-2)26-15-17-8-10-19(11-9-17)30(28,29)23-3;/h5-11,14,23H,4,12-13,15H2,1-3H3,(H,22,27)(H2,24,25,26);1H. The van der Waals surface area contributed by atoms with E-state index in [0.29, 0.717) is 24.6 Å². The fourth-order valence-corrected chi connectivity index (χ4v) is 3.47. The third-order valence-corrected chi connectivity index (χ3v) is 5.82. The molecule has 2 aromatic carbocycles. The molecule has 0 atom stereocenters. The predicted molar refractivity (Wildman–Crippen MR) is 134 cm³/mol. The van der Waals surface area contributed by atoms with Crippen LogP contribution in [0.4, 0.5) is 0 Å². The second kappa shape index (κ2) is 13.3. The van der Waals surface area contributed by atoms with E-state index in [1.807, 2.05) is 25.1 Å². The lowest BCUT2D eigenvalue weighted by Gasteiger charge is -2.12. The number of aliphatic imine (C=N–C) groups is 1. The number of sulfonamides is 1.